The molecule has 0 bridgehead atoms. The number of amides is 2. The molecule has 0 saturated carbocycles. The van der Waals surface area contributed by atoms with Gasteiger partial charge in [-0.15, -0.1) is 0 Å². The van der Waals surface area contributed by atoms with Crippen LogP contribution in [0.5, 0.6) is 0 Å². The molecule has 1 aliphatic heterocycles. The summed E-state index contributed by atoms with van der Waals surface area (Å²) in [4.78, 5) is 25.2. The number of nitrogens with zero attached hydrogens (tertiary/aromatic N) is 2. The van der Waals surface area contributed by atoms with E-state index in [0.29, 0.717) is 17.7 Å². The van der Waals surface area contributed by atoms with E-state index in [9.17, 15) is 14.9 Å². The summed E-state index contributed by atoms with van der Waals surface area (Å²) in [6.07, 6.45) is 4.56. The molecular formula is C18H24N4O2. The zero-order valence-electron chi connectivity index (χ0n) is 14.4. The first-order valence-corrected chi connectivity index (χ1v) is 8.10. The fraction of sp³-hybridized carbons (Fsp3) is 0.500. The maximum absolute atomic E-state index is 12.5. The highest BCUT2D eigenvalue weighted by molar-refractivity contribution is 5.96. The van der Waals surface area contributed by atoms with Crippen LogP contribution in [-0.2, 0) is 4.79 Å². The van der Waals surface area contributed by atoms with Gasteiger partial charge in [0.1, 0.15) is 6.04 Å². The maximum atomic E-state index is 12.5. The van der Waals surface area contributed by atoms with Gasteiger partial charge in [-0.05, 0) is 48.9 Å². The molecule has 128 valence electrons. The summed E-state index contributed by atoms with van der Waals surface area (Å²) in [6.45, 7) is 6.41. The highest BCUT2D eigenvalue weighted by atomic mass is 16.2. The van der Waals surface area contributed by atoms with Crippen LogP contribution in [-0.4, -0.2) is 28.8 Å². The predicted octanol–water partition coefficient (Wildman–Crippen LogP) is 2.47. The second-order valence-corrected chi connectivity index (χ2v) is 7.45. The number of carbonyl (C=O) groups is 2. The lowest BCUT2D eigenvalue weighted by molar-refractivity contribution is -0.119. The van der Waals surface area contributed by atoms with Crippen LogP contribution in [0.1, 0.15) is 50.4 Å². The molecule has 1 saturated heterocycles. The summed E-state index contributed by atoms with van der Waals surface area (Å²) < 4.78 is 0. The number of benzene rings is 1. The Morgan fingerprint density at radius 1 is 1.29 bits per heavy atom. The average molecular weight is 328 g/mol. The Balaban J connectivity index is 2.04. The van der Waals surface area contributed by atoms with Gasteiger partial charge in [-0.2, -0.15) is 5.26 Å². The summed E-state index contributed by atoms with van der Waals surface area (Å²) in [6, 6.07) is 6.06. The Morgan fingerprint density at radius 3 is 2.42 bits per heavy atom. The van der Waals surface area contributed by atoms with Crippen molar-refractivity contribution in [2.24, 2.45) is 11.1 Å². The van der Waals surface area contributed by atoms with Gasteiger partial charge in [0.15, 0.2) is 6.19 Å². The fourth-order valence-electron chi connectivity index (χ4n) is 3.14. The van der Waals surface area contributed by atoms with Gasteiger partial charge in [0.25, 0.3) is 0 Å². The van der Waals surface area contributed by atoms with E-state index in [1.54, 1.807) is 29.2 Å². The van der Waals surface area contributed by atoms with Gasteiger partial charge < -0.3 is 11.1 Å². The van der Waals surface area contributed by atoms with E-state index in [4.69, 9.17) is 5.73 Å². The number of primary amides is 1. The van der Waals surface area contributed by atoms with Crippen molar-refractivity contribution in [1.82, 2.24) is 4.90 Å². The van der Waals surface area contributed by atoms with Crippen LogP contribution in [0.25, 0.3) is 0 Å². The quantitative estimate of drug-likeness (QED) is 0.829. The SMILES string of the molecule is CC(C)(C)CC1CCC(C(=O)Nc2ccc(C(N)=O)cc2)N1C#N. The fourth-order valence-corrected chi connectivity index (χ4v) is 3.14. The van der Waals surface area contributed by atoms with Gasteiger partial charge in [-0.25, -0.2) is 0 Å². The molecule has 2 atom stereocenters. The first-order chi connectivity index (χ1) is 11.2. The molecule has 0 aromatic heterocycles. The van der Waals surface area contributed by atoms with Crippen LogP contribution < -0.4 is 11.1 Å². The number of hydrogen-bond acceptors (Lipinski definition) is 4. The lowest BCUT2D eigenvalue weighted by Gasteiger charge is -2.29. The van der Waals surface area contributed by atoms with Crippen LogP contribution in [0.3, 0.4) is 0 Å². The summed E-state index contributed by atoms with van der Waals surface area (Å²) in [7, 11) is 0. The molecular weight excluding hydrogens is 304 g/mol. The molecule has 6 heteroatoms. The number of nitrogens with two attached hydrogens (primary N) is 1. The van der Waals surface area contributed by atoms with Crippen molar-refractivity contribution in [2.45, 2.75) is 52.1 Å². The minimum Gasteiger partial charge on any atom is -0.366 e. The second kappa shape index (κ2) is 6.91. The normalized spacial score (nSPS) is 20.5. The van der Waals surface area contributed by atoms with Gasteiger partial charge in [-0.3, -0.25) is 14.5 Å². The third-order valence-electron chi connectivity index (χ3n) is 4.21. The van der Waals surface area contributed by atoms with E-state index >= 15 is 0 Å². The van der Waals surface area contributed by atoms with Gasteiger partial charge in [0.05, 0.1) is 0 Å². The number of nitriles is 1. The van der Waals surface area contributed by atoms with Crippen molar-refractivity contribution in [3.63, 3.8) is 0 Å². The topological polar surface area (TPSA) is 99.2 Å². The molecule has 0 radical (unpaired) electrons. The molecule has 0 aliphatic carbocycles. The molecule has 24 heavy (non-hydrogen) atoms. The highest BCUT2D eigenvalue weighted by Gasteiger charge is 2.38. The van der Waals surface area contributed by atoms with E-state index in [1.165, 1.54) is 0 Å². The van der Waals surface area contributed by atoms with E-state index < -0.39 is 11.9 Å². The third kappa shape index (κ3) is 4.25. The van der Waals surface area contributed by atoms with Crippen LogP contribution in [0.15, 0.2) is 24.3 Å². The van der Waals surface area contributed by atoms with Crippen molar-refractivity contribution < 1.29 is 9.59 Å². The van der Waals surface area contributed by atoms with Crippen molar-refractivity contribution in [2.75, 3.05) is 5.32 Å². The molecule has 2 amide bonds. The van der Waals surface area contributed by atoms with Crippen molar-refractivity contribution in [3.8, 4) is 6.19 Å². The Hall–Kier alpha value is -2.55. The first kappa shape index (κ1) is 17.8. The number of hydrogen-bond donors (Lipinski definition) is 2. The van der Waals surface area contributed by atoms with Crippen molar-refractivity contribution in [3.05, 3.63) is 29.8 Å². The number of anilines is 1. The summed E-state index contributed by atoms with van der Waals surface area (Å²) in [5.41, 5.74) is 6.28. The summed E-state index contributed by atoms with van der Waals surface area (Å²) in [5.74, 6) is -0.705. The molecule has 1 aliphatic rings. The van der Waals surface area contributed by atoms with Crippen LogP contribution in [0, 0.1) is 16.9 Å². The maximum Gasteiger partial charge on any atom is 0.248 e. The Morgan fingerprint density at radius 2 is 1.92 bits per heavy atom. The highest BCUT2D eigenvalue weighted by Crippen LogP contribution is 2.33. The lowest BCUT2D eigenvalue weighted by Crippen LogP contribution is -2.41. The van der Waals surface area contributed by atoms with Crippen LogP contribution >= 0.6 is 0 Å². The zero-order valence-corrected chi connectivity index (χ0v) is 14.4. The molecule has 2 unspecified atom stereocenters. The molecule has 0 spiro atoms. The smallest absolute Gasteiger partial charge is 0.248 e. The third-order valence-corrected chi connectivity index (χ3v) is 4.21. The monoisotopic (exact) mass is 328 g/mol. The second-order valence-electron chi connectivity index (χ2n) is 7.45. The van der Waals surface area contributed by atoms with E-state index in [1.807, 2.05) is 0 Å². The Labute approximate surface area is 142 Å². The van der Waals surface area contributed by atoms with Gasteiger partial charge in [0, 0.05) is 17.3 Å². The standard InChI is InChI=1S/C18H24N4O2/c1-18(2,3)10-14-8-9-15(22(14)11-19)17(24)21-13-6-4-12(5-7-13)16(20)23/h4-7,14-15H,8-10H2,1-3H3,(H2,20,23)(H,21,24). The average Bonchev–Trinajstić information content (AvgIpc) is 2.88. The molecule has 6 nitrogen and oxygen atoms in total. The molecule has 1 heterocycles. The van der Waals surface area contributed by atoms with Crippen molar-refractivity contribution in [1.29, 1.82) is 5.26 Å². The summed E-state index contributed by atoms with van der Waals surface area (Å²) >= 11 is 0. The van der Waals surface area contributed by atoms with Crippen molar-refractivity contribution >= 4 is 17.5 Å². The van der Waals surface area contributed by atoms with Gasteiger partial charge in [0.2, 0.25) is 11.8 Å². The summed E-state index contributed by atoms with van der Waals surface area (Å²) in [5, 5.41) is 12.3. The van der Waals surface area contributed by atoms with E-state index in [-0.39, 0.29) is 17.4 Å². The largest absolute Gasteiger partial charge is 0.366 e. The zero-order chi connectivity index (χ0) is 17.9. The van der Waals surface area contributed by atoms with Crippen LogP contribution in [0.2, 0.25) is 0 Å². The molecule has 1 fully saturated rings. The van der Waals surface area contributed by atoms with Gasteiger partial charge >= 0.3 is 0 Å². The molecule has 2 rings (SSSR count). The number of carbonyl (C=O) groups excluding carboxylic acids is 2. The lowest BCUT2D eigenvalue weighted by atomic mass is 9.87. The Bertz CT molecular complexity index is 655. The van der Waals surface area contributed by atoms with E-state index in [0.717, 1.165) is 12.8 Å². The van der Waals surface area contributed by atoms with E-state index in [2.05, 4.69) is 32.3 Å². The number of rotatable bonds is 4. The Kier molecular flexibility index (Phi) is 5.13. The first-order valence-electron chi connectivity index (χ1n) is 8.10. The number of likely N-dealkylation sites (tertiary alicyclic amines) is 1. The number of nitrogens with one attached hydrogen (secondary N) is 1. The molecule has 1 aromatic rings. The molecule has 1 aromatic carbocycles. The molecule has 3 N–H and O–H groups in total. The predicted molar refractivity (Wildman–Crippen MR) is 91.9 cm³/mol. The van der Waals surface area contributed by atoms with Gasteiger partial charge in [-0.1, -0.05) is 20.8 Å². The minimum absolute atomic E-state index is 0.1000. The minimum atomic E-state index is -0.510. The van der Waals surface area contributed by atoms with Crippen LogP contribution in [0.4, 0.5) is 5.69 Å².